The van der Waals surface area contributed by atoms with Crippen LogP contribution in [-0.2, 0) is 9.59 Å². The molecule has 6 N–H and O–H groups in total. The van der Waals surface area contributed by atoms with Crippen molar-refractivity contribution in [2.75, 3.05) is 17.2 Å². The maximum atomic E-state index is 12.0. The van der Waals surface area contributed by atoms with E-state index in [0.29, 0.717) is 47.2 Å². The smallest absolute Gasteiger partial charge is 0.475 e. The number of halogens is 3. The largest absolute Gasteiger partial charge is 0.490 e. The SMILES string of the molecule is CC(C)CNC1CCC(Nc2nc(NC3CC3)n3ncc(/C=C4\NC(=O)NC4=O)c3n2)CC1.O=C(O)C(F)(F)F. The zero-order valence-corrected chi connectivity index (χ0v) is 22.0. The van der Waals surface area contributed by atoms with Crippen LogP contribution in [0.25, 0.3) is 11.7 Å². The maximum Gasteiger partial charge on any atom is 0.490 e. The van der Waals surface area contributed by atoms with Crippen LogP contribution in [-0.4, -0.2) is 73.4 Å². The van der Waals surface area contributed by atoms with Crippen molar-refractivity contribution in [2.45, 2.75) is 76.7 Å². The molecule has 0 spiro atoms. The highest BCUT2D eigenvalue weighted by Gasteiger charge is 2.38. The quantitative estimate of drug-likeness (QED) is 0.205. The van der Waals surface area contributed by atoms with E-state index in [1.165, 1.54) is 0 Å². The van der Waals surface area contributed by atoms with Gasteiger partial charge in [-0.3, -0.25) is 10.1 Å². The second kappa shape index (κ2) is 12.1. The van der Waals surface area contributed by atoms with E-state index in [4.69, 9.17) is 19.9 Å². The van der Waals surface area contributed by atoms with Gasteiger partial charge in [-0.2, -0.15) is 32.8 Å². The van der Waals surface area contributed by atoms with E-state index in [1.54, 1.807) is 16.8 Å². The molecule has 0 aromatic carbocycles. The van der Waals surface area contributed by atoms with Gasteiger partial charge in [0.1, 0.15) is 5.70 Å². The number of rotatable bonds is 8. The fourth-order valence-electron chi connectivity index (χ4n) is 4.23. The zero-order chi connectivity index (χ0) is 29.0. The summed E-state index contributed by atoms with van der Waals surface area (Å²) in [6, 6.07) is 0.739. The van der Waals surface area contributed by atoms with Gasteiger partial charge in [-0.05, 0) is 57.1 Å². The maximum absolute atomic E-state index is 12.0. The first kappa shape index (κ1) is 29.0. The predicted molar refractivity (Wildman–Crippen MR) is 138 cm³/mol. The standard InChI is InChI=1S/C22H31N9O2.C2HF3O2/c1-12(2)10-23-14-3-5-15(6-4-14)25-20-28-18-13(9-17-19(32)29-22(33)27-17)11-24-31(18)21(30-20)26-16-7-8-16;3-2(4,5)1(6)7/h9,11-12,14-16,23H,3-8,10H2,1-2H3,(H2,25,26,28,30)(H2,27,29,32,33);(H,6,7)/b17-9-;. The molecule has 3 fully saturated rings. The van der Waals surface area contributed by atoms with Crippen LogP contribution in [0.3, 0.4) is 0 Å². The molecule has 5 rings (SSSR count). The Hall–Kier alpha value is -3.95. The first-order chi connectivity index (χ1) is 18.9. The molecule has 3 amide bonds. The molecule has 1 aliphatic heterocycles. The molecule has 218 valence electrons. The van der Waals surface area contributed by atoms with Crippen LogP contribution in [0.5, 0.6) is 0 Å². The van der Waals surface area contributed by atoms with Gasteiger partial charge in [-0.15, -0.1) is 0 Å². The summed E-state index contributed by atoms with van der Waals surface area (Å²) in [5, 5.41) is 26.9. The second-order valence-corrected chi connectivity index (χ2v) is 10.4. The van der Waals surface area contributed by atoms with Crippen LogP contribution in [0.2, 0.25) is 0 Å². The molecule has 16 heteroatoms. The fourth-order valence-corrected chi connectivity index (χ4v) is 4.23. The number of aromatic nitrogens is 4. The van der Waals surface area contributed by atoms with Gasteiger partial charge in [0.25, 0.3) is 5.91 Å². The van der Waals surface area contributed by atoms with Gasteiger partial charge in [0, 0.05) is 23.7 Å². The molecule has 2 saturated carbocycles. The third-order valence-corrected chi connectivity index (χ3v) is 6.44. The van der Waals surface area contributed by atoms with E-state index in [0.717, 1.165) is 45.1 Å². The predicted octanol–water partition coefficient (Wildman–Crippen LogP) is 2.48. The molecule has 40 heavy (non-hydrogen) atoms. The summed E-state index contributed by atoms with van der Waals surface area (Å²) >= 11 is 0. The van der Waals surface area contributed by atoms with Crippen molar-refractivity contribution < 1.29 is 32.7 Å². The van der Waals surface area contributed by atoms with Gasteiger partial charge >= 0.3 is 18.2 Å². The number of carbonyl (C=O) groups excluding carboxylic acids is 2. The van der Waals surface area contributed by atoms with Crippen LogP contribution in [0.15, 0.2) is 11.9 Å². The van der Waals surface area contributed by atoms with Crippen LogP contribution in [0, 0.1) is 5.92 Å². The molecular formula is C24H32F3N9O4. The van der Waals surface area contributed by atoms with Crippen molar-refractivity contribution in [3.8, 4) is 0 Å². The summed E-state index contributed by atoms with van der Waals surface area (Å²) < 4.78 is 33.4. The van der Waals surface area contributed by atoms with E-state index in [-0.39, 0.29) is 5.70 Å². The number of carbonyl (C=O) groups is 3. The number of carboxylic acid groups (broad SMARTS) is 1. The number of hydrogen-bond donors (Lipinski definition) is 6. The number of nitrogens with zero attached hydrogens (tertiary/aromatic N) is 4. The van der Waals surface area contributed by atoms with Gasteiger partial charge in [0.15, 0.2) is 5.65 Å². The van der Waals surface area contributed by atoms with E-state index in [1.807, 2.05) is 0 Å². The van der Waals surface area contributed by atoms with E-state index in [9.17, 15) is 22.8 Å². The first-order valence-corrected chi connectivity index (χ1v) is 13.1. The lowest BCUT2D eigenvalue weighted by Crippen LogP contribution is -2.38. The Bertz CT molecular complexity index is 1280. The van der Waals surface area contributed by atoms with Crippen molar-refractivity contribution in [1.29, 1.82) is 0 Å². The van der Waals surface area contributed by atoms with Crippen molar-refractivity contribution in [3.05, 3.63) is 17.5 Å². The lowest BCUT2D eigenvalue weighted by atomic mass is 9.91. The van der Waals surface area contributed by atoms with Gasteiger partial charge < -0.3 is 26.4 Å². The fraction of sp³-hybridized carbons (Fsp3) is 0.583. The Kier molecular flexibility index (Phi) is 8.76. The number of nitrogens with one attached hydrogen (secondary N) is 5. The highest BCUT2D eigenvalue weighted by Crippen LogP contribution is 2.27. The number of hydrogen-bond acceptors (Lipinski definition) is 9. The molecule has 1 saturated heterocycles. The van der Waals surface area contributed by atoms with E-state index >= 15 is 0 Å². The number of amides is 3. The molecule has 3 aliphatic rings. The number of carboxylic acids is 1. The summed E-state index contributed by atoms with van der Waals surface area (Å²) in [6.45, 7) is 5.51. The summed E-state index contributed by atoms with van der Waals surface area (Å²) in [7, 11) is 0. The second-order valence-electron chi connectivity index (χ2n) is 10.4. The van der Waals surface area contributed by atoms with Crippen molar-refractivity contribution in [2.24, 2.45) is 5.92 Å². The average Bonchev–Trinajstić information content (AvgIpc) is 3.51. The average molecular weight is 568 g/mol. The highest BCUT2D eigenvalue weighted by molar-refractivity contribution is 6.14. The van der Waals surface area contributed by atoms with Gasteiger partial charge in [0.2, 0.25) is 11.9 Å². The number of alkyl halides is 3. The summed E-state index contributed by atoms with van der Waals surface area (Å²) in [4.78, 5) is 41.7. The van der Waals surface area contributed by atoms with Crippen molar-refractivity contribution in [1.82, 2.24) is 35.5 Å². The van der Waals surface area contributed by atoms with Crippen LogP contribution >= 0.6 is 0 Å². The number of fused-ring (bicyclic) bond motifs is 1. The van der Waals surface area contributed by atoms with Crippen molar-refractivity contribution in [3.63, 3.8) is 0 Å². The molecule has 0 radical (unpaired) electrons. The minimum atomic E-state index is -5.08. The molecule has 13 nitrogen and oxygen atoms in total. The normalized spacial score (nSPS) is 22.1. The zero-order valence-electron chi connectivity index (χ0n) is 22.0. The molecule has 2 aliphatic carbocycles. The van der Waals surface area contributed by atoms with E-state index in [2.05, 4.69) is 45.5 Å². The molecule has 2 aromatic heterocycles. The Balaban J connectivity index is 0.000000470. The summed E-state index contributed by atoms with van der Waals surface area (Å²) in [6.07, 6.45) is 4.69. The number of anilines is 2. The van der Waals surface area contributed by atoms with Crippen LogP contribution in [0.1, 0.15) is 57.9 Å². The van der Waals surface area contributed by atoms with Crippen LogP contribution < -0.4 is 26.6 Å². The minimum absolute atomic E-state index is 0.173. The molecule has 0 bridgehead atoms. The summed E-state index contributed by atoms with van der Waals surface area (Å²) in [5.74, 6) is -1.40. The number of imide groups is 1. The topological polar surface area (TPSA) is 175 Å². The Labute approximate surface area is 227 Å². The molecule has 0 atom stereocenters. The van der Waals surface area contributed by atoms with Crippen molar-refractivity contribution >= 4 is 41.5 Å². The number of aliphatic carboxylic acids is 1. The van der Waals surface area contributed by atoms with E-state index < -0.39 is 24.1 Å². The lowest BCUT2D eigenvalue weighted by Gasteiger charge is -2.30. The minimum Gasteiger partial charge on any atom is -0.475 e. The van der Waals surface area contributed by atoms with Crippen LogP contribution in [0.4, 0.5) is 29.9 Å². The number of urea groups is 1. The Morgan fingerprint density at radius 1 is 1.07 bits per heavy atom. The third kappa shape index (κ3) is 7.80. The molecule has 3 heterocycles. The first-order valence-electron chi connectivity index (χ1n) is 13.1. The lowest BCUT2D eigenvalue weighted by molar-refractivity contribution is -0.192. The Morgan fingerprint density at radius 3 is 2.23 bits per heavy atom. The molecule has 2 aromatic rings. The molecular weight excluding hydrogens is 535 g/mol. The van der Waals surface area contributed by atoms with Gasteiger partial charge in [0.05, 0.1) is 6.20 Å². The highest BCUT2D eigenvalue weighted by atomic mass is 19.4. The van der Waals surface area contributed by atoms with Gasteiger partial charge in [-0.1, -0.05) is 13.8 Å². The molecule has 0 unspecified atom stereocenters. The Morgan fingerprint density at radius 2 is 1.68 bits per heavy atom. The monoisotopic (exact) mass is 567 g/mol. The van der Waals surface area contributed by atoms with Gasteiger partial charge in [-0.25, -0.2) is 9.59 Å². The third-order valence-electron chi connectivity index (χ3n) is 6.44. The summed E-state index contributed by atoms with van der Waals surface area (Å²) in [5.41, 5.74) is 1.38.